The van der Waals surface area contributed by atoms with Crippen LogP contribution in [0.4, 0.5) is 0 Å². The van der Waals surface area contributed by atoms with Gasteiger partial charge in [-0.05, 0) is 19.1 Å². The summed E-state index contributed by atoms with van der Waals surface area (Å²) < 4.78 is 26.1. The molecule has 1 N–H and O–H groups in total. The zero-order valence-corrected chi connectivity index (χ0v) is 12.1. The normalized spacial score (nSPS) is 21.9. The van der Waals surface area contributed by atoms with E-state index in [4.69, 9.17) is 5.11 Å². The number of thiophene rings is 1. The Bertz CT molecular complexity index is 551. The fraction of sp³-hybridized carbons (Fsp3) is 0.500. The highest BCUT2D eigenvalue weighted by Gasteiger charge is 2.38. The van der Waals surface area contributed by atoms with E-state index in [2.05, 4.69) is 0 Å². The number of hydrogen-bond acceptors (Lipinski definition) is 5. The highest BCUT2D eigenvalue weighted by atomic mass is 32.2. The Morgan fingerprint density at radius 1 is 1.50 bits per heavy atom. The predicted octanol–water partition coefficient (Wildman–Crippen LogP) is 1.25. The Kier molecular flexibility index (Phi) is 4.00. The number of aryl methyl sites for hydroxylation is 1. The number of carboxylic acid groups (broad SMARTS) is 1. The number of sulfonamides is 1. The van der Waals surface area contributed by atoms with Crippen LogP contribution in [0.5, 0.6) is 0 Å². The molecule has 2 heterocycles. The molecule has 2 rings (SSSR count). The summed E-state index contributed by atoms with van der Waals surface area (Å²) in [6.45, 7) is 2.07. The highest BCUT2D eigenvalue weighted by Crippen LogP contribution is 2.28. The van der Waals surface area contributed by atoms with Crippen LogP contribution in [0.2, 0.25) is 0 Å². The largest absolute Gasteiger partial charge is 0.480 e. The lowest BCUT2D eigenvalue weighted by atomic mass is 10.3. The van der Waals surface area contributed by atoms with Gasteiger partial charge in [0.05, 0.1) is 0 Å². The number of carboxylic acids is 1. The molecule has 1 unspecified atom stereocenters. The molecule has 1 aliphatic rings. The van der Waals surface area contributed by atoms with Gasteiger partial charge in [0.1, 0.15) is 10.3 Å². The molecule has 0 aliphatic carbocycles. The number of thioether (sulfide) groups is 1. The van der Waals surface area contributed by atoms with Crippen molar-refractivity contribution in [3.63, 3.8) is 0 Å². The van der Waals surface area contributed by atoms with Crippen molar-refractivity contribution in [1.29, 1.82) is 0 Å². The van der Waals surface area contributed by atoms with E-state index in [0.29, 0.717) is 11.5 Å². The average molecular weight is 307 g/mol. The predicted molar refractivity (Wildman–Crippen MR) is 71.7 cm³/mol. The monoisotopic (exact) mass is 307 g/mol. The lowest BCUT2D eigenvalue weighted by Crippen LogP contribution is -2.49. The molecule has 18 heavy (non-hydrogen) atoms. The highest BCUT2D eigenvalue weighted by molar-refractivity contribution is 7.99. The van der Waals surface area contributed by atoms with Crippen LogP contribution < -0.4 is 0 Å². The first-order valence-corrected chi connectivity index (χ1v) is 8.73. The second-order valence-corrected chi connectivity index (χ2v) is 8.46. The Hall–Kier alpha value is -0.570. The van der Waals surface area contributed by atoms with Crippen molar-refractivity contribution in [3.8, 4) is 0 Å². The lowest BCUT2D eigenvalue weighted by Gasteiger charge is -2.30. The van der Waals surface area contributed by atoms with Gasteiger partial charge in [-0.3, -0.25) is 4.79 Å². The van der Waals surface area contributed by atoms with Crippen LogP contribution in [-0.2, 0) is 14.8 Å². The first-order chi connectivity index (χ1) is 8.43. The molecule has 0 amide bonds. The quantitative estimate of drug-likeness (QED) is 0.909. The fourth-order valence-electron chi connectivity index (χ4n) is 1.74. The summed E-state index contributed by atoms with van der Waals surface area (Å²) in [5, 5.41) is 9.11. The smallest absolute Gasteiger partial charge is 0.322 e. The number of rotatable bonds is 3. The van der Waals surface area contributed by atoms with Crippen molar-refractivity contribution in [2.75, 3.05) is 18.1 Å². The number of aliphatic carboxylic acids is 1. The van der Waals surface area contributed by atoms with E-state index in [-0.39, 0.29) is 10.8 Å². The summed E-state index contributed by atoms with van der Waals surface area (Å²) in [6, 6.07) is 2.30. The van der Waals surface area contributed by atoms with Gasteiger partial charge in [-0.1, -0.05) is 0 Å². The minimum atomic E-state index is -3.68. The van der Waals surface area contributed by atoms with E-state index in [1.807, 2.05) is 6.92 Å². The summed E-state index contributed by atoms with van der Waals surface area (Å²) in [4.78, 5) is 12.0. The molecular formula is C10H13NO4S3. The van der Waals surface area contributed by atoms with Crippen molar-refractivity contribution in [2.45, 2.75) is 17.2 Å². The summed E-state index contributed by atoms with van der Waals surface area (Å²) in [7, 11) is -3.68. The van der Waals surface area contributed by atoms with Gasteiger partial charge in [0, 0.05) is 22.9 Å². The molecular weight excluding hydrogens is 294 g/mol. The van der Waals surface area contributed by atoms with E-state index in [1.54, 1.807) is 6.07 Å². The van der Waals surface area contributed by atoms with Gasteiger partial charge >= 0.3 is 5.97 Å². The van der Waals surface area contributed by atoms with Crippen molar-refractivity contribution < 1.29 is 18.3 Å². The number of carbonyl (C=O) groups is 1. The molecule has 0 aromatic carbocycles. The van der Waals surface area contributed by atoms with Gasteiger partial charge in [0.2, 0.25) is 0 Å². The Balaban J connectivity index is 2.36. The topological polar surface area (TPSA) is 74.7 Å². The first-order valence-electron chi connectivity index (χ1n) is 5.32. The maximum atomic E-state index is 12.4. The summed E-state index contributed by atoms with van der Waals surface area (Å²) >= 11 is 2.64. The molecule has 1 fully saturated rings. The minimum Gasteiger partial charge on any atom is -0.480 e. The molecule has 1 atom stereocenters. The molecule has 1 aromatic heterocycles. The van der Waals surface area contributed by atoms with E-state index in [0.717, 1.165) is 9.18 Å². The second-order valence-electron chi connectivity index (χ2n) is 3.91. The molecule has 1 saturated heterocycles. The third-order valence-corrected chi connectivity index (χ3v) is 7.04. The van der Waals surface area contributed by atoms with Crippen LogP contribution in [-0.4, -0.2) is 47.9 Å². The number of hydrogen-bond donors (Lipinski definition) is 1. The SMILES string of the molecule is Cc1ccc(S(=O)(=O)N2CCSCC2C(=O)O)s1. The minimum absolute atomic E-state index is 0.221. The van der Waals surface area contributed by atoms with Crippen molar-refractivity contribution in [1.82, 2.24) is 4.31 Å². The van der Waals surface area contributed by atoms with Crippen molar-refractivity contribution in [3.05, 3.63) is 17.0 Å². The van der Waals surface area contributed by atoms with Gasteiger partial charge in [-0.15, -0.1) is 11.3 Å². The molecule has 0 bridgehead atoms. The third kappa shape index (κ3) is 2.56. The van der Waals surface area contributed by atoms with E-state index in [9.17, 15) is 13.2 Å². The van der Waals surface area contributed by atoms with Crippen LogP contribution in [0, 0.1) is 6.92 Å². The molecule has 100 valence electrons. The van der Waals surface area contributed by atoms with Gasteiger partial charge in [0.25, 0.3) is 10.0 Å². The van der Waals surface area contributed by atoms with E-state index < -0.39 is 22.0 Å². The second kappa shape index (κ2) is 5.20. The van der Waals surface area contributed by atoms with E-state index in [1.165, 1.54) is 29.2 Å². The molecule has 5 nitrogen and oxygen atoms in total. The third-order valence-electron chi connectivity index (χ3n) is 2.64. The molecule has 0 saturated carbocycles. The zero-order chi connectivity index (χ0) is 13.3. The van der Waals surface area contributed by atoms with Crippen molar-refractivity contribution in [2.24, 2.45) is 0 Å². The van der Waals surface area contributed by atoms with Crippen LogP contribution in [0.1, 0.15) is 4.88 Å². The summed E-state index contributed by atoms with van der Waals surface area (Å²) in [5.41, 5.74) is 0. The molecule has 1 aromatic rings. The maximum Gasteiger partial charge on any atom is 0.322 e. The Morgan fingerprint density at radius 2 is 2.22 bits per heavy atom. The molecule has 0 radical (unpaired) electrons. The molecule has 8 heteroatoms. The van der Waals surface area contributed by atoms with Crippen LogP contribution >= 0.6 is 23.1 Å². The van der Waals surface area contributed by atoms with Crippen LogP contribution in [0.25, 0.3) is 0 Å². The molecule has 1 aliphatic heterocycles. The van der Waals surface area contributed by atoms with Crippen LogP contribution in [0.3, 0.4) is 0 Å². The summed E-state index contributed by atoms with van der Waals surface area (Å²) in [5.74, 6) is -0.147. The van der Waals surface area contributed by atoms with Gasteiger partial charge in [0.15, 0.2) is 0 Å². The average Bonchev–Trinajstić information content (AvgIpc) is 2.76. The Labute approximate surface area is 114 Å². The lowest BCUT2D eigenvalue weighted by molar-refractivity contribution is -0.140. The standard InChI is InChI=1S/C10H13NO4S3/c1-7-2-3-9(17-7)18(14,15)11-4-5-16-6-8(11)10(12)13/h2-3,8H,4-6H2,1H3,(H,12,13). The van der Waals surface area contributed by atoms with Crippen LogP contribution in [0.15, 0.2) is 16.3 Å². The Morgan fingerprint density at radius 3 is 2.78 bits per heavy atom. The molecule has 0 spiro atoms. The fourth-order valence-corrected chi connectivity index (χ4v) is 5.98. The van der Waals surface area contributed by atoms with Gasteiger partial charge in [-0.2, -0.15) is 16.1 Å². The van der Waals surface area contributed by atoms with E-state index >= 15 is 0 Å². The van der Waals surface area contributed by atoms with Gasteiger partial charge < -0.3 is 5.11 Å². The van der Waals surface area contributed by atoms with Gasteiger partial charge in [-0.25, -0.2) is 8.42 Å². The number of nitrogens with zero attached hydrogens (tertiary/aromatic N) is 1. The summed E-state index contributed by atoms with van der Waals surface area (Å²) in [6.07, 6.45) is 0. The first kappa shape index (κ1) is 13.9. The zero-order valence-electron chi connectivity index (χ0n) is 9.70. The van der Waals surface area contributed by atoms with Crippen molar-refractivity contribution >= 4 is 39.1 Å². The maximum absolute atomic E-state index is 12.4.